The summed E-state index contributed by atoms with van der Waals surface area (Å²) in [7, 11) is -4.10. The normalized spacial score (nSPS) is 11.0. The Balaban J connectivity index is 0.000000840. The van der Waals surface area contributed by atoms with Gasteiger partial charge in [-0.25, -0.2) is 4.79 Å². The molecule has 0 unspecified atom stereocenters. The molecule has 2 amide bonds. The van der Waals surface area contributed by atoms with Gasteiger partial charge >= 0.3 is 19.3 Å². The lowest BCUT2D eigenvalue weighted by atomic mass is 9.97. The summed E-state index contributed by atoms with van der Waals surface area (Å²) in [5.41, 5.74) is 3.10. The number of carbonyl (C=O) groups excluding carboxylic acids is 2. The van der Waals surface area contributed by atoms with Gasteiger partial charge in [0.25, 0.3) is 5.91 Å². The van der Waals surface area contributed by atoms with Crippen LogP contribution < -0.4 is 20.7 Å². The number of carboxylic acid groups (broad SMARTS) is 1. The van der Waals surface area contributed by atoms with Crippen LogP contribution in [0.3, 0.4) is 0 Å². The van der Waals surface area contributed by atoms with Gasteiger partial charge in [-0.3, -0.25) is 29.2 Å². The van der Waals surface area contributed by atoms with E-state index in [1.54, 1.807) is 23.1 Å². The fourth-order valence-corrected chi connectivity index (χ4v) is 6.01. The van der Waals surface area contributed by atoms with Crippen molar-refractivity contribution in [2.45, 2.75) is 78.2 Å². The molecule has 0 fully saturated rings. The van der Waals surface area contributed by atoms with E-state index in [-0.39, 0.29) is 41.0 Å². The number of anilines is 1. The number of nitrogens with zero attached hydrogens (tertiary/aromatic N) is 4. The number of benzene rings is 2. The van der Waals surface area contributed by atoms with Crippen LogP contribution in [0.25, 0.3) is 5.69 Å². The number of carboxylic acids is 1. The standard InChI is InChI=1S/C15H18Cl2N2O3.C14H20ClNO2.C8H11Cl2NO.C3H8NO5P/c1-8(2)21-12-7-11(9(16)6-10(12)17)19-14(20)22-13(18-19)15(3,4)5;1-4-12-8-6-7-11(3)14(12)16(10-18-5-2)13(17)9-15;1-3-5-11(6-4-2)8(12)7(9)10;5-3(6)1-4-2-10(7,8)9/h6-8H,1-5H3;6-8H,4-5,9-10H2,1-3H3;3-4,7H,1-2,5-6H2;4H,1-2H2,(H,5,6)(H2,7,8,9). The van der Waals surface area contributed by atoms with Crippen LogP contribution in [0.2, 0.25) is 10.0 Å². The highest BCUT2D eigenvalue weighted by Gasteiger charge is 2.25. The molecule has 1 heterocycles. The first-order valence-electron chi connectivity index (χ1n) is 18.8. The number of carbonyl (C=O) groups is 3. The maximum atomic E-state index is 12.1. The summed E-state index contributed by atoms with van der Waals surface area (Å²) in [4.78, 5) is 63.4. The second-order valence-corrected chi connectivity index (χ2v) is 17.8. The maximum absolute atomic E-state index is 12.1. The van der Waals surface area contributed by atoms with Crippen molar-refractivity contribution in [1.82, 2.24) is 20.0 Å². The number of aryl methyl sites for hydroxylation is 2. The van der Waals surface area contributed by atoms with Crippen molar-refractivity contribution in [3.8, 4) is 11.4 Å². The summed E-state index contributed by atoms with van der Waals surface area (Å²) in [6.45, 7) is 23.7. The van der Waals surface area contributed by atoms with Gasteiger partial charge in [-0.2, -0.15) is 4.68 Å². The lowest BCUT2D eigenvalue weighted by molar-refractivity contribution is -0.136. The lowest BCUT2D eigenvalue weighted by Crippen LogP contribution is -2.35. The Morgan fingerprint density at radius 1 is 1.06 bits per heavy atom. The minimum Gasteiger partial charge on any atom is -0.489 e. The third-order valence-corrected chi connectivity index (χ3v) is 9.22. The SMILES string of the molecule is C=CCN(CC=C)C(=O)C(Cl)Cl.CC(C)Oc1cc(-n2nc(C(C)(C)C)oc2=O)c(Cl)cc1Cl.CCOCN(C(=O)CCl)c1c(C)cccc1CC.O=C(O)CNCP(=O)(O)O. The molecule has 0 saturated heterocycles. The molecule has 1 aromatic heterocycles. The van der Waals surface area contributed by atoms with Crippen molar-refractivity contribution < 1.29 is 47.7 Å². The Hall–Kier alpha value is -3.41. The first kappa shape index (κ1) is 58.6. The van der Waals surface area contributed by atoms with Gasteiger partial charge in [0, 0.05) is 31.2 Å². The number of aliphatic carboxylic acids is 1. The highest BCUT2D eigenvalue weighted by Crippen LogP contribution is 2.34. The predicted octanol–water partition coefficient (Wildman–Crippen LogP) is 8.13. The number of rotatable bonds is 18. The van der Waals surface area contributed by atoms with Crippen LogP contribution in [0.5, 0.6) is 5.75 Å². The van der Waals surface area contributed by atoms with Crippen molar-refractivity contribution in [2.24, 2.45) is 0 Å². The van der Waals surface area contributed by atoms with E-state index < -0.39 is 37.0 Å². The minimum absolute atomic E-state index is 0.0371. The van der Waals surface area contributed by atoms with Crippen molar-refractivity contribution in [1.29, 1.82) is 0 Å². The van der Waals surface area contributed by atoms with Crippen LogP contribution in [-0.4, -0.2) is 103 Å². The number of nitrogens with one attached hydrogen (secondary N) is 1. The van der Waals surface area contributed by atoms with E-state index in [2.05, 4.69) is 30.5 Å². The number of ether oxygens (including phenoxy) is 2. The largest absolute Gasteiger partial charge is 0.489 e. The first-order chi connectivity index (χ1) is 28.8. The van der Waals surface area contributed by atoms with Crippen LogP contribution in [-0.2, 0) is 35.5 Å². The van der Waals surface area contributed by atoms with E-state index in [0.717, 1.165) is 27.9 Å². The molecule has 2 aromatic carbocycles. The number of aromatic nitrogens is 2. The van der Waals surface area contributed by atoms with E-state index in [4.69, 9.17) is 86.8 Å². The zero-order valence-corrected chi connectivity index (χ0v) is 40.7. The lowest BCUT2D eigenvalue weighted by Gasteiger charge is -2.25. The van der Waals surface area contributed by atoms with Gasteiger partial charge in [-0.1, -0.05) is 104 Å². The van der Waals surface area contributed by atoms with E-state index in [0.29, 0.717) is 42.0 Å². The van der Waals surface area contributed by atoms with Crippen LogP contribution in [0.15, 0.2) is 64.9 Å². The van der Waals surface area contributed by atoms with E-state index in [9.17, 15) is 23.7 Å². The van der Waals surface area contributed by atoms with Gasteiger partial charge in [0.1, 0.15) is 18.4 Å². The number of para-hydroxylation sites is 1. The molecule has 4 N–H and O–H groups in total. The molecule has 0 aliphatic rings. The van der Waals surface area contributed by atoms with E-state index in [1.165, 1.54) is 11.0 Å². The Morgan fingerprint density at radius 3 is 2.10 bits per heavy atom. The summed E-state index contributed by atoms with van der Waals surface area (Å²) in [5, 5.41) is 14.9. The zero-order chi connectivity index (χ0) is 48.0. The van der Waals surface area contributed by atoms with Gasteiger partial charge in [0.05, 0.1) is 40.4 Å². The number of amides is 2. The first-order valence-corrected chi connectivity index (χ1v) is 22.8. The van der Waals surface area contributed by atoms with Gasteiger partial charge in [-0.05, 0) is 51.3 Å². The Labute approximate surface area is 387 Å². The number of halogens is 5. The third kappa shape index (κ3) is 21.8. The predicted molar refractivity (Wildman–Crippen MR) is 247 cm³/mol. The molecule has 0 radical (unpaired) electrons. The quantitative estimate of drug-likeness (QED) is 0.0411. The fourth-order valence-electron chi connectivity index (χ4n) is 4.68. The number of hydrogen-bond donors (Lipinski definition) is 4. The number of hydrogen-bond acceptors (Lipinski definition) is 10. The van der Waals surface area contributed by atoms with Gasteiger partial charge in [0.2, 0.25) is 11.8 Å². The molecule has 3 rings (SSSR count). The average molecular weight is 992 g/mol. The molecule has 0 aliphatic carbocycles. The highest BCUT2D eigenvalue weighted by atomic mass is 35.5. The highest BCUT2D eigenvalue weighted by molar-refractivity contribution is 7.51. The molecule has 0 saturated carbocycles. The number of alkyl halides is 3. The smallest absolute Gasteiger partial charge is 0.442 e. The van der Waals surface area contributed by atoms with E-state index in [1.807, 2.05) is 66.7 Å². The molecule has 0 aliphatic heterocycles. The topological polar surface area (TPSA) is 214 Å². The van der Waals surface area contributed by atoms with Crippen LogP contribution in [0.4, 0.5) is 5.69 Å². The molecular formula is C40H57Cl5N5O11P. The molecule has 22 heteroatoms. The Bertz CT molecular complexity index is 2010. The van der Waals surface area contributed by atoms with Crippen LogP contribution in [0.1, 0.15) is 65.5 Å². The molecule has 0 atom stereocenters. The second-order valence-electron chi connectivity index (χ2n) is 14.0. The molecule has 3 aromatic rings. The average Bonchev–Trinajstić information content (AvgIpc) is 3.57. The molecule has 348 valence electrons. The fraction of sp³-hybridized carbons (Fsp3) is 0.475. The summed E-state index contributed by atoms with van der Waals surface area (Å²) in [6.07, 6.45) is 3.43. The van der Waals surface area contributed by atoms with Crippen molar-refractivity contribution in [2.75, 3.05) is 50.0 Å². The Kier molecular flexibility index (Phi) is 27.5. The maximum Gasteiger partial charge on any atom is 0.442 e. The molecule has 62 heavy (non-hydrogen) atoms. The summed E-state index contributed by atoms with van der Waals surface area (Å²) in [5.74, 6) is -1.48. The van der Waals surface area contributed by atoms with Crippen molar-refractivity contribution >= 4 is 89.1 Å². The molecular weight excluding hydrogens is 935 g/mol. The minimum atomic E-state index is -4.10. The Morgan fingerprint density at radius 2 is 1.66 bits per heavy atom. The second kappa shape index (κ2) is 29.1. The summed E-state index contributed by atoms with van der Waals surface area (Å²) in [6, 6.07) is 9.13. The summed E-state index contributed by atoms with van der Waals surface area (Å²) < 4.78 is 27.4. The van der Waals surface area contributed by atoms with Crippen molar-refractivity contribution in [3.05, 3.63) is 93.3 Å². The van der Waals surface area contributed by atoms with Gasteiger partial charge in [0.15, 0.2) is 4.84 Å². The third-order valence-electron chi connectivity index (χ3n) is 7.38. The molecule has 0 spiro atoms. The molecule has 16 nitrogen and oxygen atoms in total. The van der Waals surface area contributed by atoms with Crippen LogP contribution in [0, 0.1) is 6.92 Å². The monoisotopic (exact) mass is 989 g/mol. The molecule has 0 bridgehead atoms. The summed E-state index contributed by atoms with van der Waals surface area (Å²) >= 11 is 28.8. The van der Waals surface area contributed by atoms with Crippen molar-refractivity contribution in [3.63, 3.8) is 0 Å². The zero-order valence-electron chi connectivity index (χ0n) is 36.0. The van der Waals surface area contributed by atoms with Gasteiger partial charge in [-0.15, -0.1) is 29.9 Å². The van der Waals surface area contributed by atoms with Gasteiger partial charge < -0.3 is 33.7 Å². The van der Waals surface area contributed by atoms with Crippen LogP contribution >= 0.6 is 65.6 Å². The van der Waals surface area contributed by atoms with E-state index >= 15 is 0 Å².